The summed E-state index contributed by atoms with van der Waals surface area (Å²) in [6.07, 6.45) is 1.38. The number of rotatable bonds is 3. The van der Waals surface area contributed by atoms with Crippen molar-refractivity contribution in [2.75, 3.05) is 25.0 Å². The van der Waals surface area contributed by atoms with Crippen LogP contribution in [0.5, 0.6) is 0 Å². The van der Waals surface area contributed by atoms with Crippen LogP contribution in [0.15, 0.2) is 24.3 Å². The van der Waals surface area contributed by atoms with E-state index in [2.05, 4.69) is 4.90 Å². The lowest BCUT2D eigenvalue weighted by atomic mass is 10.0. The van der Waals surface area contributed by atoms with Gasteiger partial charge in [0.05, 0.1) is 4.92 Å². The third-order valence-electron chi connectivity index (χ3n) is 4.12. The smallest absolute Gasteiger partial charge is 0.410 e. The minimum absolute atomic E-state index is 0.0956. The van der Waals surface area contributed by atoms with Crippen molar-refractivity contribution in [3.05, 3.63) is 34.4 Å². The molecular weight excluding hydrogens is 310 g/mol. The molecule has 0 saturated carbocycles. The number of piperidine rings is 1. The van der Waals surface area contributed by atoms with Crippen molar-refractivity contribution >= 4 is 17.5 Å². The number of amides is 1. The summed E-state index contributed by atoms with van der Waals surface area (Å²) in [4.78, 5) is 26.3. The molecule has 1 aliphatic heterocycles. The van der Waals surface area contributed by atoms with Crippen LogP contribution in [0.1, 0.15) is 33.6 Å². The van der Waals surface area contributed by atoms with Gasteiger partial charge in [-0.15, -0.1) is 0 Å². The van der Waals surface area contributed by atoms with E-state index in [1.54, 1.807) is 24.1 Å². The van der Waals surface area contributed by atoms with Crippen LogP contribution >= 0.6 is 0 Å². The largest absolute Gasteiger partial charge is 0.444 e. The third kappa shape index (κ3) is 4.59. The Hall–Kier alpha value is -2.31. The molecule has 1 aliphatic rings. The summed E-state index contributed by atoms with van der Waals surface area (Å²) in [5.41, 5.74) is 0.572. The van der Waals surface area contributed by atoms with Gasteiger partial charge in [-0.2, -0.15) is 0 Å². The van der Waals surface area contributed by atoms with Crippen LogP contribution in [0, 0.1) is 10.1 Å². The van der Waals surface area contributed by atoms with E-state index in [1.807, 2.05) is 20.8 Å². The molecule has 132 valence electrons. The van der Waals surface area contributed by atoms with Gasteiger partial charge >= 0.3 is 6.09 Å². The maximum absolute atomic E-state index is 12.1. The molecule has 0 radical (unpaired) electrons. The molecular formula is C17H25N3O4. The number of nitro benzene ring substituents is 1. The minimum Gasteiger partial charge on any atom is -0.444 e. The quantitative estimate of drug-likeness (QED) is 0.625. The molecule has 1 fully saturated rings. The van der Waals surface area contributed by atoms with E-state index in [9.17, 15) is 14.9 Å². The van der Waals surface area contributed by atoms with Crippen LogP contribution < -0.4 is 4.90 Å². The number of nitrogens with zero attached hydrogens (tertiary/aromatic N) is 3. The van der Waals surface area contributed by atoms with Crippen LogP contribution in [0.2, 0.25) is 0 Å². The number of benzene rings is 1. The number of hydrogen-bond acceptors (Lipinski definition) is 5. The first-order valence-electron chi connectivity index (χ1n) is 8.12. The molecule has 24 heavy (non-hydrogen) atoms. The fraction of sp³-hybridized carbons (Fsp3) is 0.588. The third-order valence-corrected chi connectivity index (χ3v) is 4.12. The predicted molar refractivity (Wildman–Crippen MR) is 92.3 cm³/mol. The highest BCUT2D eigenvalue weighted by atomic mass is 16.6. The Morgan fingerprint density at radius 2 is 1.79 bits per heavy atom. The first-order chi connectivity index (χ1) is 11.2. The van der Waals surface area contributed by atoms with Gasteiger partial charge in [0.15, 0.2) is 0 Å². The van der Waals surface area contributed by atoms with Gasteiger partial charge in [0, 0.05) is 44.0 Å². The van der Waals surface area contributed by atoms with E-state index in [0.717, 1.165) is 31.6 Å². The van der Waals surface area contributed by atoms with Crippen LogP contribution in [0.25, 0.3) is 0 Å². The Kier molecular flexibility index (Phi) is 5.31. The SMILES string of the molecule is CN(C(=O)OC(C)(C)C)C1CCN(c2ccc([N+](=O)[O-])cc2)CC1. The van der Waals surface area contributed by atoms with E-state index in [4.69, 9.17) is 4.74 Å². The number of nitro groups is 1. The molecule has 1 aromatic rings. The Bertz CT molecular complexity index is 587. The monoisotopic (exact) mass is 335 g/mol. The van der Waals surface area contributed by atoms with Crippen molar-refractivity contribution in [1.82, 2.24) is 4.90 Å². The van der Waals surface area contributed by atoms with Crippen molar-refractivity contribution < 1.29 is 14.5 Å². The zero-order valence-electron chi connectivity index (χ0n) is 14.7. The predicted octanol–water partition coefficient (Wildman–Crippen LogP) is 3.43. The Labute approximate surface area is 142 Å². The molecule has 0 unspecified atom stereocenters. The standard InChI is InChI=1S/C17H25N3O4/c1-17(2,3)24-16(21)18(4)13-9-11-19(12-10-13)14-5-7-15(8-6-14)20(22)23/h5-8,13H,9-12H2,1-4H3. The topological polar surface area (TPSA) is 75.9 Å². The summed E-state index contributed by atoms with van der Waals surface area (Å²) in [5, 5.41) is 10.7. The van der Waals surface area contributed by atoms with E-state index in [1.165, 1.54) is 12.1 Å². The lowest BCUT2D eigenvalue weighted by Crippen LogP contribution is -2.47. The molecule has 1 saturated heterocycles. The van der Waals surface area contributed by atoms with Gasteiger partial charge in [-0.25, -0.2) is 4.79 Å². The maximum atomic E-state index is 12.1. The average Bonchev–Trinajstić information content (AvgIpc) is 2.53. The van der Waals surface area contributed by atoms with Gasteiger partial charge in [0.1, 0.15) is 5.60 Å². The molecule has 0 aliphatic carbocycles. The summed E-state index contributed by atoms with van der Waals surface area (Å²) >= 11 is 0. The second-order valence-electron chi connectivity index (χ2n) is 7.08. The summed E-state index contributed by atoms with van der Waals surface area (Å²) in [5.74, 6) is 0. The summed E-state index contributed by atoms with van der Waals surface area (Å²) in [7, 11) is 1.78. The number of non-ortho nitro benzene ring substituents is 1. The lowest BCUT2D eigenvalue weighted by molar-refractivity contribution is -0.384. The van der Waals surface area contributed by atoms with Crippen LogP contribution in [-0.4, -0.2) is 47.7 Å². The highest BCUT2D eigenvalue weighted by Crippen LogP contribution is 2.25. The highest BCUT2D eigenvalue weighted by molar-refractivity contribution is 5.68. The normalized spacial score (nSPS) is 15.9. The van der Waals surface area contributed by atoms with Gasteiger partial charge in [-0.05, 0) is 45.7 Å². The van der Waals surface area contributed by atoms with E-state index < -0.39 is 10.5 Å². The number of hydrogen-bond donors (Lipinski definition) is 0. The Morgan fingerprint density at radius 1 is 1.25 bits per heavy atom. The zero-order valence-corrected chi connectivity index (χ0v) is 14.7. The number of ether oxygens (including phenoxy) is 1. The van der Waals surface area contributed by atoms with Crippen LogP contribution in [0.3, 0.4) is 0 Å². The fourth-order valence-corrected chi connectivity index (χ4v) is 2.78. The molecule has 7 nitrogen and oxygen atoms in total. The Morgan fingerprint density at radius 3 is 2.25 bits per heavy atom. The van der Waals surface area contributed by atoms with E-state index in [-0.39, 0.29) is 17.8 Å². The second-order valence-corrected chi connectivity index (χ2v) is 7.08. The molecule has 1 aromatic carbocycles. The van der Waals surface area contributed by atoms with Crippen LogP contribution in [-0.2, 0) is 4.74 Å². The lowest BCUT2D eigenvalue weighted by Gasteiger charge is -2.38. The molecule has 0 spiro atoms. The number of carbonyl (C=O) groups is 1. The summed E-state index contributed by atoms with van der Waals surface area (Å²) < 4.78 is 5.41. The fourth-order valence-electron chi connectivity index (χ4n) is 2.78. The second kappa shape index (κ2) is 7.07. The van der Waals surface area contributed by atoms with Gasteiger partial charge in [0.2, 0.25) is 0 Å². The summed E-state index contributed by atoms with van der Waals surface area (Å²) in [6, 6.07) is 6.74. The van der Waals surface area contributed by atoms with Crippen molar-refractivity contribution in [2.45, 2.75) is 45.3 Å². The number of carbonyl (C=O) groups excluding carboxylic acids is 1. The zero-order chi connectivity index (χ0) is 17.9. The molecule has 2 rings (SSSR count). The first kappa shape index (κ1) is 18.0. The van der Waals surface area contributed by atoms with Crippen molar-refractivity contribution in [1.29, 1.82) is 0 Å². The maximum Gasteiger partial charge on any atom is 0.410 e. The van der Waals surface area contributed by atoms with Crippen molar-refractivity contribution in [2.24, 2.45) is 0 Å². The molecule has 0 bridgehead atoms. The van der Waals surface area contributed by atoms with Crippen molar-refractivity contribution in [3.63, 3.8) is 0 Å². The van der Waals surface area contributed by atoms with E-state index >= 15 is 0 Å². The van der Waals surface area contributed by atoms with Gasteiger partial charge < -0.3 is 14.5 Å². The Balaban J connectivity index is 1.91. The van der Waals surface area contributed by atoms with Crippen molar-refractivity contribution in [3.8, 4) is 0 Å². The average molecular weight is 335 g/mol. The minimum atomic E-state index is -0.495. The molecule has 0 aromatic heterocycles. The van der Waals surface area contributed by atoms with Gasteiger partial charge in [-0.1, -0.05) is 0 Å². The first-order valence-corrected chi connectivity index (χ1v) is 8.12. The summed E-state index contributed by atoms with van der Waals surface area (Å²) in [6.45, 7) is 7.17. The van der Waals surface area contributed by atoms with Gasteiger partial charge in [-0.3, -0.25) is 10.1 Å². The molecule has 1 heterocycles. The van der Waals surface area contributed by atoms with Crippen LogP contribution in [0.4, 0.5) is 16.2 Å². The molecule has 7 heteroatoms. The molecule has 0 N–H and O–H groups in total. The number of anilines is 1. The highest BCUT2D eigenvalue weighted by Gasteiger charge is 2.28. The molecule has 1 amide bonds. The molecule has 0 atom stereocenters. The van der Waals surface area contributed by atoms with Gasteiger partial charge in [0.25, 0.3) is 5.69 Å². The van der Waals surface area contributed by atoms with E-state index in [0.29, 0.717) is 0 Å².